The molecule has 3 aromatic carbocycles. The van der Waals surface area contributed by atoms with Crippen LogP contribution < -0.4 is 4.90 Å². The second-order valence-corrected chi connectivity index (χ2v) is 10.6. The Bertz CT molecular complexity index is 1820. The summed E-state index contributed by atoms with van der Waals surface area (Å²) in [7, 11) is 4.09. The van der Waals surface area contributed by atoms with Gasteiger partial charge in [0.15, 0.2) is 11.3 Å². The average molecular weight is 514 g/mol. The van der Waals surface area contributed by atoms with E-state index in [1.165, 1.54) is 5.39 Å². The minimum absolute atomic E-state index is 0.0363. The van der Waals surface area contributed by atoms with E-state index in [1.54, 1.807) is 11.3 Å². The molecule has 6 nitrogen and oxygen atoms in total. The van der Waals surface area contributed by atoms with Crippen LogP contribution in [0, 0.1) is 34.0 Å². The highest BCUT2D eigenvalue weighted by Crippen LogP contribution is 2.41. The number of hydrogen-bond donors (Lipinski definition) is 0. The quantitative estimate of drug-likeness (QED) is 0.269. The maximum absolute atomic E-state index is 9.77. The largest absolute Gasteiger partial charge is 0.480 e. The fourth-order valence-corrected chi connectivity index (χ4v) is 5.67. The molecule has 0 saturated carbocycles. The molecule has 0 amide bonds. The van der Waals surface area contributed by atoms with E-state index < -0.39 is 5.60 Å². The molecular formula is C31H23N5OS. The first kappa shape index (κ1) is 24.8. The van der Waals surface area contributed by atoms with Crippen molar-refractivity contribution in [3.8, 4) is 28.8 Å². The van der Waals surface area contributed by atoms with Crippen LogP contribution in [0.5, 0.6) is 0 Å². The molecule has 1 aliphatic heterocycles. The second-order valence-electron chi connectivity index (χ2n) is 9.59. The summed E-state index contributed by atoms with van der Waals surface area (Å²) < 4.78 is 6.93. The first-order valence-electron chi connectivity index (χ1n) is 11.9. The van der Waals surface area contributed by atoms with Crippen LogP contribution in [0.3, 0.4) is 0 Å². The lowest BCUT2D eigenvalue weighted by molar-refractivity contribution is 0.0954. The molecular weight excluding hydrogens is 490 g/mol. The van der Waals surface area contributed by atoms with Crippen molar-refractivity contribution in [3.05, 3.63) is 88.7 Å². The number of nitrogens with zero attached hydrogens (tertiary/aromatic N) is 5. The van der Waals surface area contributed by atoms with E-state index in [1.807, 2.05) is 64.4 Å². The fraction of sp³-hybridized carbons (Fsp3) is 0.161. The summed E-state index contributed by atoms with van der Waals surface area (Å²) in [6.45, 7) is 3.62. The van der Waals surface area contributed by atoms with Gasteiger partial charge in [-0.15, -0.1) is 11.3 Å². The summed E-state index contributed by atoms with van der Waals surface area (Å²) in [5.41, 5.74) is 3.83. The molecule has 184 valence electrons. The van der Waals surface area contributed by atoms with E-state index in [0.717, 1.165) is 37.4 Å². The van der Waals surface area contributed by atoms with Gasteiger partial charge in [-0.25, -0.2) is 4.98 Å². The normalized spacial score (nSPS) is 14.4. The number of allylic oxidation sites excluding steroid dienone is 2. The molecule has 4 aromatic rings. The predicted molar refractivity (Wildman–Crippen MR) is 152 cm³/mol. The molecule has 0 N–H and O–H groups in total. The van der Waals surface area contributed by atoms with Crippen molar-refractivity contribution >= 4 is 44.1 Å². The SMILES string of the molecule is CN(C)c1ccc(-c2nc3cc(/C=C/C4=C(C#N)C(=C(C#N)C#N)OC4(C)C)ccc3s2)c2ccccc12. The summed E-state index contributed by atoms with van der Waals surface area (Å²) in [5.74, 6) is 0.0363. The van der Waals surface area contributed by atoms with Gasteiger partial charge in [0.2, 0.25) is 0 Å². The van der Waals surface area contributed by atoms with Crippen LogP contribution in [-0.4, -0.2) is 24.7 Å². The maximum atomic E-state index is 9.77. The van der Waals surface area contributed by atoms with E-state index in [9.17, 15) is 15.8 Å². The monoisotopic (exact) mass is 513 g/mol. The molecule has 38 heavy (non-hydrogen) atoms. The first-order chi connectivity index (χ1) is 18.3. The Morgan fingerprint density at radius 2 is 1.71 bits per heavy atom. The summed E-state index contributed by atoms with van der Waals surface area (Å²) in [6.07, 6.45) is 3.72. The number of benzene rings is 3. The molecule has 7 heteroatoms. The molecule has 2 heterocycles. The van der Waals surface area contributed by atoms with Crippen molar-refractivity contribution in [2.75, 3.05) is 19.0 Å². The van der Waals surface area contributed by atoms with Crippen molar-refractivity contribution in [2.45, 2.75) is 19.4 Å². The summed E-state index contributed by atoms with van der Waals surface area (Å²) in [4.78, 5) is 7.09. The number of fused-ring (bicyclic) bond motifs is 2. The van der Waals surface area contributed by atoms with Crippen molar-refractivity contribution < 1.29 is 4.74 Å². The van der Waals surface area contributed by atoms with E-state index in [0.29, 0.717) is 5.57 Å². The highest BCUT2D eigenvalue weighted by molar-refractivity contribution is 7.21. The van der Waals surface area contributed by atoms with Crippen LogP contribution >= 0.6 is 11.3 Å². The molecule has 1 aliphatic rings. The Labute approximate surface area is 225 Å². The van der Waals surface area contributed by atoms with Crippen LogP contribution in [-0.2, 0) is 4.74 Å². The Balaban J connectivity index is 1.55. The third-order valence-corrected chi connectivity index (χ3v) is 7.60. The van der Waals surface area contributed by atoms with Gasteiger partial charge in [0, 0.05) is 36.3 Å². The Morgan fingerprint density at radius 3 is 2.39 bits per heavy atom. The standard InChI is InChI=1S/C31H23N5OS/c1-31(2)25(24(18-34)29(37-31)20(16-32)17-33)12-9-19-10-14-28-26(15-19)35-30(38-28)23-11-13-27(36(3)4)22-8-6-5-7-21(22)23/h5-15H,1-4H3/b12-9+. The van der Waals surface area contributed by atoms with Crippen molar-refractivity contribution in [1.29, 1.82) is 15.8 Å². The molecule has 0 bridgehead atoms. The van der Waals surface area contributed by atoms with Gasteiger partial charge in [-0.2, -0.15) is 15.8 Å². The highest BCUT2D eigenvalue weighted by Gasteiger charge is 2.38. The fourth-order valence-electron chi connectivity index (χ4n) is 4.68. The van der Waals surface area contributed by atoms with Gasteiger partial charge in [0.1, 0.15) is 34.4 Å². The topological polar surface area (TPSA) is 96.7 Å². The van der Waals surface area contributed by atoms with Crippen molar-refractivity contribution in [3.63, 3.8) is 0 Å². The Kier molecular flexibility index (Phi) is 6.21. The predicted octanol–water partition coefficient (Wildman–Crippen LogP) is 7.13. The molecule has 0 aliphatic carbocycles. The summed E-state index contributed by atoms with van der Waals surface area (Å²) in [5, 5.41) is 31.6. The lowest BCUT2D eigenvalue weighted by atomic mass is 9.94. The summed E-state index contributed by atoms with van der Waals surface area (Å²) in [6, 6.07) is 24.5. The number of aromatic nitrogens is 1. The van der Waals surface area contributed by atoms with Gasteiger partial charge >= 0.3 is 0 Å². The third kappa shape index (κ3) is 4.18. The van der Waals surface area contributed by atoms with Gasteiger partial charge in [0.25, 0.3) is 0 Å². The molecule has 0 fully saturated rings. The summed E-state index contributed by atoms with van der Waals surface area (Å²) >= 11 is 1.66. The number of ether oxygens (including phenoxy) is 1. The van der Waals surface area contributed by atoms with Gasteiger partial charge in [0.05, 0.1) is 10.2 Å². The Morgan fingerprint density at radius 1 is 0.974 bits per heavy atom. The zero-order chi connectivity index (χ0) is 27.0. The van der Waals surface area contributed by atoms with Crippen LogP contribution in [0.2, 0.25) is 0 Å². The number of anilines is 1. The van der Waals surface area contributed by atoms with E-state index in [2.05, 4.69) is 53.4 Å². The minimum Gasteiger partial charge on any atom is -0.480 e. The van der Waals surface area contributed by atoms with E-state index in [-0.39, 0.29) is 16.9 Å². The molecule has 0 spiro atoms. The van der Waals surface area contributed by atoms with Crippen molar-refractivity contribution in [1.82, 2.24) is 4.98 Å². The molecule has 0 saturated heterocycles. The molecule has 5 rings (SSSR count). The zero-order valence-corrected chi connectivity index (χ0v) is 22.2. The van der Waals surface area contributed by atoms with Gasteiger partial charge in [-0.3, -0.25) is 0 Å². The number of rotatable bonds is 4. The zero-order valence-electron chi connectivity index (χ0n) is 21.4. The lowest BCUT2D eigenvalue weighted by Gasteiger charge is -2.20. The molecule has 0 radical (unpaired) electrons. The van der Waals surface area contributed by atoms with Crippen molar-refractivity contribution in [2.24, 2.45) is 0 Å². The number of thiazole rings is 1. The number of hydrogen-bond acceptors (Lipinski definition) is 7. The third-order valence-electron chi connectivity index (χ3n) is 6.53. The van der Waals surface area contributed by atoms with Crippen LogP contribution in [0.25, 0.3) is 37.6 Å². The molecule has 1 aromatic heterocycles. The van der Waals surface area contributed by atoms with E-state index in [4.69, 9.17) is 9.72 Å². The Hall–Kier alpha value is -4.90. The van der Waals surface area contributed by atoms with Crippen LogP contribution in [0.1, 0.15) is 19.4 Å². The number of nitriles is 3. The molecule has 0 unspecified atom stereocenters. The average Bonchev–Trinajstić information content (AvgIpc) is 3.44. The van der Waals surface area contributed by atoms with Gasteiger partial charge < -0.3 is 9.64 Å². The van der Waals surface area contributed by atoms with Crippen LogP contribution in [0.4, 0.5) is 5.69 Å². The lowest BCUT2D eigenvalue weighted by Crippen LogP contribution is -2.20. The van der Waals surface area contributed by atoms with Crippen LogP contribution in [0.15, 0.2) is 83.2 Å². The second kappa shape index (κ2) is 9.52. The minimum atomic E-state index is -0.854. The maximum Gasteiger partial charge on any atom is 0.172 e. The van der Waals surface area contributed by atoms with Gasteiger partial charge in [-0.05, 0) is 49.1 Å². The van der Waals surface area contributed by atoms with E-state index >= 15 is 0 Å². The van der Waals surface area contributed by atoms with Gasteiger partial charge in [-0.1, -0.05) is 42.5 Å². The smallest absolute Gasteiger partial charge is 0.172 e. The first-order valence-corrected chi connectivity index (χ1v) is 12.8. The highest BCUT2D eigenvalue weighted by atomic mass is 32.1. The molecule has 0 atom stereocenters.